The topological polar surface area (TPSA) is 60.9 Å². The van der Waals surface area contributed by atoms with Crippen LogP contribution in [0.2, 0.25) is 0 Å². The molecule has 1 aliphatic rings. The van der Waals surface area contributed by atoms with Crippen LogP contribution < -0.4 is 0 Å². The largest absolute Gasteiger partial charge is 0.396 e. The summed E-state index contributed by atoms with van der Waals surface area (Å²) in [5, 5.41) is 8.68. The van der Waals surface area contributed by atoms with E-state index in [1.54, 1.807) is 4.31 Å². The van der Waals surface area contributed by atoms with Crippen molar-refractivity contribution in [2.45, 2.75) is 25.8 Å². The van der Waals surface area contributed by atoms with Crippen LogP contribution in [0.25, 0.3) is 0 Å². The first-order valence-electron chi connectivity index (χ1n) is 5.59. The lowest BCUT2D eigenvalue weighted by Crippen LogP contribution is -2.59. The van der Waals surface area contributed by atoms with Crippen LogP contribution in [0.3, 0.4) is 0 Å². The number of hydrogen-bond acceptors (Lipinski definition) is 4. The molecule has 0 radical (unpaired) electrons. The zero-order chi connectivity index (χ0) is 12.4. The Bertz CT molecular complexity index is 327. The number of hydrogen-bond donors (Lipinski definition) is 1. The Balaban J connectivity index is 2.69. The maximum Gasteiger partial charge on any atom is 0.214 e. The van der Waals surface area contributed by atoms with Gasteiger partial charge in [0.1, 0.15) is 0 Å². The standard InChI is InChI=1S/C10H22N2O3S/c1-10(2)9-12(6-5-11(10)3)16(14,15)8-4-7-13/h13H,4-9H2,1-3H3. The SMILES string of the molecule is CN1CCN(S(=O)(=O)CCCO)CC1(C)C. The summed E-state index contributed by atoms with van der Waals surface area (Å²) in [5.41, 5.74) is -0.121. The number of aliphatic hydroxyl groups is 1. The Morgan fingerprint density at radius 1 is 1.31 bits per heavy atom. The molecule has 0 saturated carbocycles. The van der Waals surface area contributed by atoms with Gasteiger partial charge in [0.25, 0.3) is 0 Å². The molecule has 1 fully saturated rings. The monoisotopic (exact) mass is 250 g/mol. The highest BCUT2D eigenvalue weighted by Gasteiger charge is 2.35. The predicted octanol–water partition coefficient (Wildman–Crippen LogP) is -0.275. The molecule has 1 saturated heterocycles. The van der Waals surface area contributed by atoms with Crippen LogP contribution in [0.15, 0.2) is 0 Å². The van der Waals surface area contributed by atoms with Gasteiger partial charge in [-0.15, -0.1) is 0 Å². The van der Waals surface area contributed by atoms with Gasteiger partial charge in [0.15, 0.2) is 0 Å². The molecule has 96 valence electrons. The van der Waals surface area contributed by atoms with Gasteiger partial charge < -0.3 is 5.11 Å². The van der Waals surface area contributed by atoms with Crippen molar-refractivity contribution in [3.63, 3.8) is 0 Å². The lowest BCUT2D eigenvalue weighted by Gasteiger charge is -2.44. The number of likely N-dealkylation sites (N-methyl/N-ethyl adjacent to an activating group) is 1. The van der Waals surface area contributed by atoms with E-state index in [2.05, 4.69) is 4.90 Å². The molecule has 6 heteroatoms. The minimum atomic E-state index is -3.19. The van der Waals surface area contributed by atoms with E-state index in [0.717, 1.165) is 6.54 Å². The van der Waals surface area contributed by atoms with Crippen LogP contribution in [0.4, 0.5) is 0 Å². The molecule has 16 heavy (non-hydrogen) atoms. The third-order valence-corrected chi connectivity index (χ3v) is 5.14. The quantitative estimate of drug-likeness (QED) is 0.746. The summed E-state index contributed by atoms with van der Waals surface area (Å²) in [6, 6.07) is 0. The van der Waals surface area contributed by atoms with E-state index < -0.39 is 10.0 Å². The summed E-state index contributed by atoms with van der Waals surface area (Å²) < 4.78 is 25.4. The number of aliphatic hydroxyl groups excluding tert-OH is 1. The van der Waals surface area contributed by atoms with E-state index in [4.69, 9.17) is 5.11 Å². The number of rotatable bonds is 4. The summed E-state index contributed by atoms with van der Waals surface area (Å²) in [6.45, 7) is 5.84. The summed E-state index contributed by atoms with van der Waals surface area (Å²) in [7, 11) is -1.18. The highest BCUT2D eigenvalue weighted by molar-refractivity contribution is 7.89. The molecule has 0 aliphatic carbocycles. The molecule has 0 aromatic rings. The second kappa shape index (κ2) is 5.00. The summed E-state index contributed by atoms with van der Waals surface area (Å²) in [4.78, 5) is 2.17. The normalized spacial score (nSPS) is 23.5. The highest BCUT2D eigenvalue weighted by atomic mass is 32.2. The van der Waals surface area contributed by atoms with E-state index in [1.165, 1.54) is 0 Å². The fourth-order valence-corrected chi connectivity index (χ4v) is 3.43. The number of piperazine rings is 1. The van der Waals surface area contributed by atoms with Gasteiger partial charge in [-0.1, -0.05) is 0 Å². The van der Waals surface area contributed by atoms with Crippen molar-refractivity contribution in [3.8, 4) is 0 Å². The third kappa shape index (κ3) is 3.16. The Morgan fingerprint density at radius 2 is 1.94 bits per heavy atom. The molecule has 0 amide bonds. The second-order valence-corrected chi connectivity index (χ2v) is 7.05. The maximum atomic E-state index is 11.9. The second-order valence-electron chi connectivity index (χ2n) is 4.96. The van der Waals surface area contributed by atoms with Crippen molar-refractivity contribution < 1.29 is 13.5 Å². The summed E-state index contributed by atoms with van der Waals surface area (Å²) >= 11 is 0. The molecule has 0 spiro atoms. The summed E-state index contributed by atoms with van der Waals surface area (Å²) in [6.07, 6.45) is 0.315. The van der Waals surface area contributed by atoms with Gasteiger partial charge in [-0.05, 0) is 27.3 Å². The zero-order valence-electron chi connectivity index (χ0n) is 10.3. The number of sulfonamides is 1. The van der Waals surface area contributed by atoms with Gasteiger partial charge in [0.2, 0.25) is 10.0 Å². The smallest absolute Gasteiger partial charge is 0.214 e. The first kappa shape index (κ1) is 13.9. The van der Waals surface area contributed by atoms with Crippen LogP contribution in [0, 0.1) is 0 Å². The van der Waals surface area contributed by atoms with Crippen molar-refractivity contribution in [1.82, 2.24) is 9.21 Å². The molecule has 5 nitrogen and oxygen atoms in total. The molecular formula is C10H22N2O3S. The predicted molar refractivity (Wildman–Crippen MR) is 63.8 cm³/mol. The minimum Gasteiger partial charge on any atom is -0.396 e. The average molecular weight is 250 g/mol. The van der Waals surface area contributed by atoms with Crippen molar-refractivity contribution >= 4 is 10.0 Å². The lowest BCUT2D eigenvalue weighted by atomic mass is 10.0. The summed E-state index contributed by atoms with van der Waals surface area (Å²) in [5.74, 6) is 0.0449. The molecule has 1 heterocycles. The van der Waals surface area contributed by atoms with Gasteiger partial charge in [-0.2, -0.15) is 4.31 Å². The van der Waals surface area contributed by atoms with E-state index >= 15 is 0 Å². The van der Waals surface area contributed by atoms with E-state index in [-0.39, 0.29) is 17.9 Å². The maximum absolute atomic E-state index is 11.9. The van der Waals surface area contributed by atoms with Crippen LogP contribution in [-0.2, 0) is 10.0 Å². The fourth-order valence-electron chi connectivity index (χ4n) is 1.81. The van der Waals surface area contributed by atoms with Crippen LogP contribution >= 0.6 is 0 Å². The van der Waals surface area contributed by atoms with Crippen LogP contribution in [-0.4, -0.2) is 67.3 Å². The Labute approximate surface area is 98.1 Å². The lowest BCUT2D eigenvalue weighted by molar-refractivity contribution is 0.0801. The highest BCUT2D eigenvalue weighted by Crippen LogP contribution is 2.21. The van der Waals surface area contributed by atoms with Crippen LogP contribution in [0.5, 0.6) is 0 Å². The van der Waals surface area contributed by atoms with Gasteiger partial charge in [-0.3, -0.25) is 4.90 Å². The molecule has 1 rings (SSSR count). The first-order valence-corrected chi connectivity index (χ1v) is 7.20. The Morgan fingerprint density at radius 3 is 2.44 bits per heavy atom. The van der Waals surface area contributed by atoms with Crippen molar-refractivity contribution in [3.05, 3.63) is 0 Å². The molecule has 1 N–H and O–H groups in total. The molecule has 0 bridgehead atoms. The van der Waals surface area contributed by atoms with E-state index in [9.17, 15) is 8.42 Å². The van der Waals surface area contributed by atoms with Crippen LogP contribution in [0.1, 0.15) is 20.3 Å². The van der Waals surface area contributed by atoms with Gasteiger partial charge in [0.05, 0.1) is 5.75 Å². The molecule has 0 unspecified atom stereocenters. The molecule has 0 atom stereocenters. The molecular weight excluding hydrogens is 228 g/mol. The van der Waals surface area contributed by atoms with Crippen molar-refractivity contribution in [1.29, 1.82) is 0 Å². The van der Waals surface area contributed by atoms with E-state index in [0.29, 0.717) is 19.5 Å². The zero-order valence-corrected chi connectivity index (χ0v) is 11.1. The Hall–Kier alpha value is -0.170. The first-order chi connectivity index (χ1) is 7.29. The van der Waals surface area contributed by atoms with Crippen molar-refractivity contribution in [2.24, 2.45) is 0 Å². The van der Waals surface area contributed by atoms with E-state index in [1.807, 2.05) is 20.9 Å². The van der Waals surface area contributed by atoms with Gasteiger partial charge in [0, 0.05) is 31.8 Å². The minimum absolute atomic E-state index is 0.0449. The van der Waals surface area contributed by atoms with Gasteiger partial charge in [-0.25, -0.2) is 8.42 Å². The average Bonchev–Trinajstić information content (AvgIpc) is 2.19. The fraction of sp³-hybridized carbons (Fsp3) is 1.00. The van der Waals surface area contributed by atoms with Gasteiger partial charge >= 0.3 is 0 Å². The molecule has 0 aromatic heterocycles. The van der Waals surface area contributed by atoms with Crippen molar-refractivity contribution in [2.75, 3.05) is 39.0 Å². The Kier molecular flexibility index (Phi) is 4.34. The molecule has 0 aromatic carbocycles. The third-order valence-electron chi connectivity index (χ3n) is 3.24. The number of nitrogens with zero attached hydrogens (tertiary/aromatic N) is 2. The molecule has 1 aliphatic heterocycles.